The molecule has 2 amide bonds. The van der Waals surface area contributed by atoms with E-state index in [1.807, 2.05) is 50.1 Å². The first kappa shape index (κ1) is 20.1. The first-order chi connectivity index (χ1) is 12.3. The van der Waals surface area contributed by atoms with Gasteiger partial charge >= 0.3 is 0 Å². The van der Waals surface area contributed by atoms with Gasteiger partial charge in [-0.2, -0.15) is 0 Å². The Morgan fingerprint density at radius 1 is 1.12 bits per heavy atom. The Balaban J connectivity index is 1.87. The van der Waals surface area contributed by atoms with Crippen molar-refractivity contribution in [3.63, 3.8) is 0 Å². The van der Waals surface area contributed by atoms with Crippen LogP contribution < -0.4 is 5.32 Å². The summed E-state index contributed by atoms with van der Waals surface area (Å²) in [5, 5.41) is 4.88. The molecular weight excluding hydrogens is 346 g/mol. The van der Waals surface area contributed by atoms with E-state index in [1.54, 1.807) is 18.4 Å². The predicted octanol–water partition coefficient (Wildman–Crippen LogP) is 3.28. The van der Waals surface area contributed by atoms with Crippen molar-refractivity contribution in [1.82, 2.24) is 9.80 Å². The molecule has 0 bridgehead atoms. The molecule has 0 spiro atoms. The van der Waals surface area contributed by atoms with E-state index in [0.29, 0.717) is 0 Å². The van der Waals surface area contributed by atoms with Gasteiger partial charge in [0, 0.05) is 24.2 Å². The SMILES string of the molecule is Cc1ccc(NC(=O)CN(C)C(=O)[C@H](C)N(C)Cc2sccc2C)cc1. The van der Waals surface area contributed by atoms with Crippen molar-refractivity contribution < 1.29 is 9.59 Å². The molecule has 0 saturated heterocycles. The van der Waals surface area contributed by atoms with Crippen LogP contribution >= 0.6 is 11.3 Å². The fourth-order valence-corrected chi connectivity index (χ4v) is 3.54. The zero-order valence-corrected chi connectivity index (χ0v) is 16.9. The van der Waals surface area contributed by atoms with Crippen LogP contribution in [0.3, 0.4) is 0 Å². The normalized spacial score (nSPS) is 12.1. The van der Waals surface area contributed by atoms with Gasteiger partial charge in [0.25, 0.3) is 0 Å². The second-order valence-corrected chi connectivity index (χ2v) is 7.73. The molecule has 2 aromatic rings. The number of aryl methyl sites for hydroxylation is 2. The third-order valence-electron chi connectivity index (χ3n) is 4.47. The Labute approximate surface area is 159 Å². The zero-order chi connectivity index (χ0) is 19.3. The monoisotopic (exact) mass is 373 g/mol. The fraction of sp³-hybridized carbons (Fsp3) is 0.400. The number of rotatable bonds is 7. The lowest BCUT2D eigenvalue weighted by atomic mass is 10.2. The maximum atomic E-state index is 12.6. The Hall–Kier alpha value is -2.18. The summed E-state index contributed by atoms with van der Waals surface area (Å²) in [6.45, 7) is 6.70. The van der Waals surface area contributed by atoms with E-state index in [0.717, 1.165) is 17.8 Å². The lowest BCUT2D eigenvalue weighted by Crippen LogP contribution is -2.46. The van der Waals surface area contributed by atoms with Gasteiger partial charge in [0.2, 0.25) is 11.8 Å². The predicted molar refractivity (Wildman–Crippen MR) is 107 cm³/mol. The van der Waals surface area contributed by atoms with E-state index in [2.05, 4.69) is 23.7 Å². The molecule has 5 nitrogen and oxygen atoms in total. The third-order valence-corrected chi connectivity index (χ3v) is 5.48. The molecule has 0 aliphatic carbocycles. The molecule has 140 valence electrons. The summed E-state index contributed by atoms with van der Waals surface area (Å²) in [5.41, 5.74) is 3.11. The number of carbonyl (C=O) groups is 2. The summed E-state index contributed by atoms with van der Waals surface area (Å²) < 4.78 is 0. The summed E-state index contributed by atoms with van der Waals surface area (Å²) in [6, 6.07) is 9.38. The quantitative estimate of drug-likeness (QED) is 0.810. The van der Waals surface area contributed by atoms with E-state index < -0.39 is 0 Å². The number of benzene rings is 1. The molecule has 0 unspecified atom stereocenters. The summed E-state index contributed by atoms with van der Waals surface area (Å²) in [4.78, 5) is 29.6. The molecule has 0 radical (unpaired) electrons. The Kier molecular flexibility index (Phi) is 6.94. The number of amides is 2. The van der Waals surface area contributed by atoms with Gasteiger partial charge in [-0.1, -0.05) is 17.7 Å². The minimum absolute atomic E-state index is 0.0307. The topological polar surface area (TPSA) is 52.7 Å². The zero-order valence-electron chi connectivity index (χ0n) is 16.1. The molecule has 0 fully saturated rings. The van der Waals surface area contributed by atoms with Gasteiger partial charge in [-0.05, 0) is 57.0 Å². The standard InChI is InChI=1S/C20H27N3O2S/c1-14-6-8-17(9-7-14)21-19(24)13-23(5)20(25)16(3)22(4)12-18-15(2)10-11-26-18/h6-11,16H,12-13H2,1-5H3,(H,21,24)/t16-/m0/s1. The second-order valence-electron chi connectivity index (χ2n) is 6.73. The van der Waals surface area contributed by atoms with Crippen LogP contribution in [0.15, 0.2) is 35.7 Å². The molecule has 0 aliphatic rings. The van der Waals surface area contributed by atoms with Crippen molar-refractivity contribution in [1.29, 1.82) is 0 Å². The highest BCUT2D eigenvalue weighted by molar-refractivity contribution is 7.10. The fourth-order valence-electron chi connectivity index (χ4n) is 2.57. The van der Waals surface area contributed by atoms with Crippen molar-refractivity contribution in [2.45, 2.75) is 33.4 Å². The van der Waals surface area contributed by atoms with Crippen LogP contribution in [0.5, 0.6) is 0 Å². The molecule has 0 aliphatic heterocycles. The van der Waals surface area contributed by atoms with E-state index >= 15 is 0 Å². The Bertz CT molecular complexity index is 755. The number of hydrogen-bond acceptors (Lipinski definition) is 4. The second kappa shape index (κ2) is 8.96. The van der Waals surface area contributed by atoms with E-state index in [9.17, 15) is 9.59 Å². The molecule has 1 aromatic carbocycles. The summed E-state index contributed by atoms with van der Waals surface area (Å²) in [6.07, 6.45) is 0. The minimum Gasteiger partial charge on any atom is -0.335 e. The van der Waals surface area contributed by atoms with E-state index in [4.69, 9.17) is 0 Å². The van der Waals surface area contributed by atoms with E-state index in [1.165, 1.54) is 15.3 Å². The van der Waals surface area contributed by atoms with Gasteiger partial charge in [0.05, 0.1) is 12.6 Å². The molecule has 1 aromatic heterocycles. The highest BCUT2D eigenvalue weighted by Gasteiger charge is 2.23. The number of nitrogens with one attached hydrogen (secondary N) is 1. The molecule has 1 N–H and O–H groups in total. The van der Waals surface area contributed by atoms with Crippen molar-refractivity contribution in [2.24, 2.45) is 0 Å². The molecule has 26 heavy (non-hydrogen) atoms. The van der Waals surface area contributed by atoms with Crippen molar-refractivity contribution >= 4 is 28.8 Å². The molecule has 0 saturated carbocycles. The molecular formula is C20H27N3O2S. The van der Waals surface area contributed by atoms with Crippen LogP contribution in [0.1, 0.15) is 22.9 Å². The Morgan fingerprint density at radius 3 is 2.35 bits per heavy atom. The molecule has 1 heterocycles. The molecule has 2 rings (SSSR count). The molecule has 1 atom stereocenters. The van der Waals surface area contributed by atoms with Crippen molar-refractivity contribution in [3.05, 3.63) is 51.7 Å². The highest BCUT2D eigenvalue weighted by atomic mass is 32.1. The number of carbonyl (C=O) groups excluding carboxylic acids is 2. The lowest BCUT2D eigenvalue weighted by Gasteiger charge is -2.27. The van der Waals surface area contributed by atoms with Crippen molar-refractivity contribution in [3.8, 4) is 0 Å². The maximum Gasteiger partial charge on any atom is 0.243 e. The summed E-state index contributed by atoms with van der Waals surface area (Å²) in [7, 11) is 3.60. The first-order valence-electron chi connectivity index (χ1n) is 8.62. The van der Waals surface area contributed by atoms with Crippen LogP contribution in [-0.2, 0) is 16.1 Å². The largest absolute Gasteiger partial charge is 0.335 e. The van der Waals surface area contributed by atoms with Crippen LogP contribution in [0, 0.1) is 13.8 Å². The molecule has 6 heteroatoms. The van der Waals surface area contributed by atoms with Crippen LogP contribution in [0.4, 0.5) is 5.69 Å². The number of thiophene rings is 1. The number of hydrogen-bond donors (Lipinski definition) is 1. The minimum atomic E-state index is -0.298. The lowest BCUT2D eigenvalue weighted by molar-refractivity contribution is -0.137. The van der Waals surface area contributed by atoms with Gasteiger partial charge < -0.3 is 10.2 Å². The smallest absolute Gasteiger partial charge is 0.243 e. The van der Waals surface area contributed by atoms with Gasteiger partial charge in [0.1, 0.15) is 0 Å². The number of anilines is 1. The van der Waals surface area contributed by atoms with Gasteiger partial charge in [-0.15, -0.1) is 11.3 Å². The number of nitrogens with zero attached hydrogens (tertiary/aromatic N) is 2. The summed E-state index contributed by atoms with van der Waals surface area (Å²) >= 11 is 1.70. The maximum absolute atomic E-state index is 12.6. The average molecular weight is 374 g/mol. The third kappa shape index (κ3) is 5.41. The highest BCUT2D eigenvalue weighted by Crippen LogP contribution is 2.18. The average Bonchev–Trinajstić information content (AvgIpc) is 3.00. The van der Waals surface area contributed by atoms with Crippen LogP contribution in [-0.4, -0.2) is 48.3 Å². The van der Waals surface area contributed by atoms with Gasteiger partial charge in [-0.3, -0.25) is 14.5 Å². The van der Waals surface area contributed by atoms with Gasteiger partial charge in [0.15, 0.2) is 0 Å². The van der Waals surface area contributed by atoms with Gasteiger partial charge in [-0.25, -0.2) is 0 Å². The number of likely N-dealkylation sites (N-methyl/N-ethyl adjacent to an activating group) is 2. The Morgan fingerprint density at radius 2 is 1.77 bits per heavy atom. The van der Waals surface area contributed by atoms with Crippen molar-refractivity contribution in [2.75, 3.05) is 26.0 Å². The van der Waals surface area contributed by atoms with Crippen LogP contribution in [0.2, 0.25) is 0 Å². The van der Waals surface area contributed by atoms with E-state index in [-0.39, 0.29) is 24.4 Å². The first-order valence-corrected chi connectivity index (χ1v) is 9.50. The van der Waals surface area contributed by atoms with Crippen LogP contribution in [0.25, 0.3) is 0 Å². The summed E-state index contributed by atoms with van der Waals surface area (Å²) in [5.74, 6) is -0.269.